The molecule has 3 aromatic rings. The first-order valence-corrected chi connectivity index (χ1v) is 3.79. The Labute approximate surface area is 73.2 Å². The quantitative estimate of drug-likeness (QED) is 0.513. The van der Waals surface area contributed by atoms with Crippen LogP contribution in [0.25, 0.3) is 22.0 Å². The molecule has 0 saturated carbocycles. The first-order chi connectivity index (χ1) is 6.43. The van der Waals surface area contributed by atoms with Gasteiger partial charge in [-0.2, -0.15) is 0 Å². The highest BCUT2D eigenvalue weighted by Gasteiger charge is 2.01. The van der Waals surface area contributed by atoms with E-state index >= 15 is 0 Å². The van der Waals surface area contributed by atoms with Crippen molar-refractivity contribution in [3.8, 4) is 0 Å². The molecule has 0 saturated heterocycles. The molecule has 4 heteroatoms. The molecule has 1 aromatic carbocycles. The molecule has 0 amide bonds. The van der Waals surface area contributed by atoms with Gasteiger partial charge in [-0.25, -0.2) is 15.0 Å². The van der Waals surface area contributed by atoms with Gasteiger partial charge in [-0.05, 0) is 6.07 Å². The van der Waals surface area contributed by atoms with E-state index in [0.717, 1.165) is 22.0 Å². The second kappa shape index (κ2) is 2.26. The lowest BCUT2D eigenvalue weighted by Crippen LogP contribution is -1.80. The van der Waals surface area contributed by atoms with Gasteiger partial charge in [0.1, 0.15) is 5.52 Å². The summed E-state index contributed by atoms with van der Waals surface area (Å²) in [7, 11) is 0. The summed E-state index contributed by atoms with van der Waals surface area (Å²) in [4.78, 5) is 11.8. The number of oxazole rings is 1. The molecular formula is C9H4N3O. The third kappa shape index (κ3) is 0.885. The third-order valence-electron chi connectivity index (χ3n) is 1.91. The molecule has 0 N–H and O–H groups in total. The minimum atomic E-state index is 0.736. The SMILES string of the molecule is [c]1ncc2cc3ncoc3cc2n1. The Morgan fingerprint density at radius 1 is 1.23 bits per heavy atom. The minimum Gasteiger partial charge on any atom is -0.443 e. The van der Waals surface area contributed by atoms with Crippen LogP contribution >= 0.6 is 0 Å². The molecule has 0 aliphatic rings. The van der Waals surface area contributed by atoms with Crippen LogP contribution in [-0.4, -0.2) is 15.0 Å². The highest BCUT2D eigenvalue weighted by atomic mass is 16.3. The van der Waals surface area contributed by atoms with Crippen LogP contribution in [0.4, 0.5) is 0 Å². The van der Waals surface area contributed by atoms with Gasteiger partial charge in [0.15, 0.2) is 18.3 Å². The Bertz CT molecular complexity index is 523. The maximum Gasteiger partial charge on any atom is 0.198 e. The van der Waals surface area contributed by atoms with Crippen molar-refractivity contribution in [2.75, 3.05) is 0 Å². The standard InChI is InChI=1S/C9H4N3O/c1-6-3-10-4-11-7(6)2-9-8(1)12-5-13-9/h1-3,5H. The van der Waals surface area contributed by atoms with Gasteiger partial charge in [-0.1, -0.05) is 0 Å². The maximum atomic E-state index is 5.14. The van der Waals surface area contributed by atoms with Gasteiger partial charge in [0.25, 0.3) is 0 Å². The van der Waals surface area contributed by atoms with Crippen LogP contribution in [0.2, 0.25) is 0 Å². The predicted octanol–water partition coefficient (Wildman–Crippen LogP) is 1.57. The van der Waals surface area contributed by atoms with E-state index in [0.29, 0.717) is 0 Å². The fourth-order valence-electron chi connectivity index (χ4n) is 1.29. The molecule has 3 rings (SSSR count). The maximum absolute atomic E-state index is 5.14. The molecule has 1 radical (unpaired) electrons. The number of nitrogens with zero attached hydrogens (tertiary/aromatic N) is 3. The monoisotopic (exact) mass is 170 g/mol. The average molecular weight is 170 g/mol. The number of benzene rings is 1. The van der Waals surface area contributed by atoms with E-state index in [-0.39, 0.29) is 0 Å². The van der Waals surface area contributed by atoms with Crippen LogP contribution < -0.4 is 0 Å². The van der Waals surface area contributed by atoms with Gasteiger partial charge in [0.2, 0.25) is 0 Å². The largest absolute Gasteiger partial charge is 0.443 e. The van der Waals surface area contributed by atoms with E-state index in [9.17, 15) is 0 Å². The lowest BCUT2D eigenvalue weighted by molar-refractivity contribution is 0.602. The predicted molar refractivity (Wildman–Crippen MR) is 45.9 cm³/mol. The zero-order chi connectivity index (χ0) is 8.67. The molecule has 0 aliphatic carbocycles. The highest BCUT2D eigenvalue weighted by molar-refractivity contribution is 5.91. The molecule has 4 nitrogen and oxygen atoms in total. The Hall–Kier alpha value is -1.97. The Balaban J connectivity index is 2.57. The topological polar surface area (TPSA) is 51.8 Å². The Kier molecular flexibility index (Phi) is 1.14. The molecule has 13 heavy (non-hydrogen) atoms. The summed E-state index contributed by atoms with van der Waals surface area (Å²) in [5, 5.41) is 0.945. The summed E-state index contributed by atoms with van der Waals surface area (Å²) in [6.45, 7) is 0. The summed E-state index contributed by atoms with van der Waals surface area (Å²) in [5.74, 6) is 0. The third-order valence-corrected chi connectivity index (χ3v) is 1.91. The fraction of sp³-hybridized carbons (Fsp3) is 0. The normalized spacial score (nSPS) is 11.1. The van der Waals surface area contributed by atoms with Crippen molar-refractivity contribution in [1.29, 1.82) is 0 Å². The zero-order valence-electron chi connectivity index (χ0n) is 6.56. The smallest absolute Gasteiger partial charge is 0.198 e. The molecule has 0 bridgehead atoms. The Morgan fingerprint density at radius 2 is 2.23 bits per heavy atom. The van der Waals surface area contributed by atoms with Crippen LogP contribution in [0.1, 0.15) is 0 Å². The van der Waals surface area contributed by atoms with Crippen molar-refractivity contribution in [1.82, 2.24) is 15.0 Å². The lowest BCUT2D eigenvalue weighted by Gasteiger charge is -1.92. The fourth-order valence-corrected chi connectivity index (χ4v) is 1.29. The van der Waals surface area contributed by atoms with E-state index in [4.69, 9.17) is 4.42 Å². The number of rotatable bonds is 0. The van der Waals surface area contributed by atoms with E-state index in [2.05, 4.69) is 21.3 Å². The van der Waals surface area contributed by atoms with E-state index < -0.39 is 0 Å². The van der Waals surface area contributed by atoms with Crippen molar-refractivity contribution >= 4 is 22.0 Å². The summed E-state index contributed by atoms with van der Waals surface area (Å²) in [5.41, 5.74) is 2.38. The van der Waals surface area contributed by atoms with Crippen molar-refractivity contribution in [3.63, 3.8) is 0 Å². The lowest BCUT2D eigenvalue weighted by atomic mass is 10.2. The van der Waals surface area contributed by atoms with Crippen molar-refractivity contribution in [2.24, 2.45) is 0 Å². The molecule has 0 aliphatic heterocycles. The van der Waals surface area contributed by atoms with Crippen molar-refractivity contribution in [3.05, 3.63) is 31.1 Å². The first-order valence-electron chi connectivity index (χ1n) is 3.79. The van der Waals surface area contributed by atoms with E-state index in [1.165, 1.54) is 6.39 Å². The molecular weight excluding hydrogens is 166 g/mol. The number of hydrogen-bond donors (Lipinski definition) is 0. The van der Waals surface area contributed by atoms with Gasteiger partial charge in [-0.3, -0.25) is 0 Å². The summed E-state index contributed by atoms with van der Waals surface area (Å²) < 4.78 is 5.14. The first kappa shape index (κ1) is 6.54. The molecule has 61 valence electrons. The second-order valence-corrected chi connectivity index (χ2v) is 2.70. The summed E-state index contributed by atoms with van der Waals surface area (Å²) in [6.07, 6.45) is 5.65. The second-order valence-electron chi connectivity index (χ2n) is 2.70. The van der Waals surface area contributed by atoms with Gasteiger partial charge < -0.3 is 4.42 Å². The number of aromatic nitrogens is 3. The van der Waals surface area contributed by atoms with Crippen LogP contribution in [0.5, 0.6) is 0 Å². The molecule has 0 fully saturated rings. The highest BCUT2D eigenvalue weighted by Crippen LogP contribution is 2.18. The molecule has 0 atom stereocenters. The van der Waals surface area contributed by atoms with E-state index in [1.54, 1.807) is 6.20 Å². The van der Waals surface area contributed by atoms with E-state index in [1.807, 2.05) is 12.1 Å². The van der Waals surface area contributed by atoms with Gasteiger partial charge >= 0.3 is 0 Å². The molecule has 2 aromatic heterocycles. The minimum absolute atomic E-state index is 0.736. The van der Waals surface area contributed by atoms with Gasteiger partial charge in [-0.15, -0.1) is 0 Å². The zero-order valence-corrected chi connectivity index (χ0v) is 6.56. The van der Waals surface area contributed by atoms with Crippen LogP contribution in [-0.2, 0) is 0 Å². The molecule has 2 heterocycles. The summed E-state index contributed by atoms with van der Waals surface area (Å²) >= 11 is 0. The molecule has 0 spiro atoms. The average Bonchev–Trinajstić information content (AvgIpc) is 2.61. The van der Waals surface area contributed by atoms with Crippen molar-refractivity contribution < 1.29 is 4.42 Å². The van der Waals surface area contributed by atoms with Crippen molar-refractivity contribution in [2.45, 2.75) is 0 Å². The van der Waals surface area contributed by atoms with Crippen LogP contribution in [0.15, 0.2) is 29.1 Å². The van der Waals surface area contributed by atoms with Gasteiger partial charge in [0, 0.05) is 17.6 Å². The number of hydrogen-bond acceptors (Lipinski definition) is 4. The van der Waals surface area contributed by atoms with Gasteiger partial charge in [0.05, 0.1) is 5.52 Å². The Morgan fingerprint density at radius 3 is 3.23 bits per heavy atom. The molecule has 0 unspecified atom stereocenters. The van der Waals surface area contributed by atoms with Crippen LogP contribution in [0, 0.1) is 6.33 Å². The summed E-state index contributed by atoms with van der Waals surface area (Å²) in [6, 6.07) is 3.72. The van der Waals surface area contributed by atoms with Crippen LogP contribution in [0.3, 0.4) is 0 Å². The number of fused-ring (bicyclic) bond motifs is 2.